The van der Waals surface area contributed by atoms with Crippen LogP contribution in [-0.4, -0.2) is 42.6 Å². The molecule has 4 heteroatoms. The lowest BCUT2D eigenvalue weighted by Crippen LogP contribution is -2.46. The molecule has 0 saturated carbocycles. The van der Waals surface area contributed by atoms with E-state index in [1.54, 1.807) is 0 Å². The number of nitrogens with one attached hydrogen (secondary N) is 1. The average molecular weight is 316 g/mol. The van der Waals surface area contributed by atoms with Gasteiger partial charge in [-0.05, 0) is 37.8 Å². The van der Waals surface area contributed by atoms with Gasteiger partial charge in [-0.3, -0.25) is 9.69 Å². The summed E-state index contributed by atoms with van der Waals surface area (Å²) in [5, 5.41) is 3.25. The molecule has 1 aromatic carbocycles. The molecule has 2 fully saturated rings. The third-order valence-electron chi connectivity index (χ3n) is 5.01. The molecular weight excluding hydrogens is 288 g/mol. The molecule has 0 aromatic heterocycles. The predicted molar refractivity (Wildman–Crippen MR) is 91.1 cm³/mol. The molecule has 1 aromatic rings. The number of ether oxygens (including phenoxy) is 1. The van der Waals surface area contributed by atoms with Crippen LogP contribution in [0.4, 0.5) is 0 Å². The van der Waals surface area contributed by atoms with Gasteiger partial charge in [-0.15, -0.1) is 0 Å². The summed E-state index contributed by atoms with van der Waals surface area (Å²) in [7, 11) is 0. The number of benzene rings is 1. The Balaban J connectivity index is 1.29. The molecule has 0 aliphatic carbocycles. The van der Waals surface area contributed by atoms with Crippen LogP contribution in [0.2, 0.25) is 0 Å². The van der Waals surface area contributed by atoms with Gasteiger partial charge in [0.15, 0.2) is 0 Å². The van der Waals surface area contributed by atoms with Gasteiger partial charge >= 0.3 is 0 Å². The third kappa shape index (κ3) is 4.79. The zero-order valence-corrected chi connectivity index (χ0v) is 13.9. The van der Waals surface area contributed by atoms with Gasteiger partial charge < -0.3 is 10.1 Å². The van der Waals surface area contributed by atoms with Crippen LogP contribution in [0.15, 0.2) is 30.3 Å². The molecule has 2 heterocycles. The largest absolute Gasteiger partial charge is 0.377 e. The second-order valence-corrected chi connectivity index (χ2v) is 6.70. The second-order valence-electron chi connectivity index (χ2n) is 6.70. The van der Waals surface area contributed by atoms with Crippen molar-refractivity contribution in [2.24, 2.45) is 0 Å². The number of carbonyl (C=O) groups is 1. The Labute approximate surface area is 139 Å². The first-order valence-corrected chi connectivity index (χ1v) is 8.98. The van der Waals surface area contributed by atoms with Gasteiger partial charge in [0.05, 0.1) is 6.61 Å². The first-order valence-electron chi connectivity index (χ1n) is 8.98. The maximum Gasteiger partial charge on any atom is 0.220 e. The van der Waals surface area contributed by atoms with E-state index in [4.69, 9.17) is 4.74 Å². The molecule has 0 unspecified atom stereocenters. The van der Waals surface area contributed by atoms with E-state index >= 15 is 0 Å². The topological polar surface area (TPSA) is 41.6 Å². The van der Waals surface area contributed by atoms with Crippen molar-refractivity contribution in [2.45, 2.75) is 57.2 Å². The fourth-order valence-corrected chi connectivity index (χ4v) is 3.79. The monoisotopic (exact) mass is 316 g/mol. The Morgan fingerprint density at radius 3 is 2.91 bits per heavy atom. The lowest BCUT2D eigenvalue weighted by Gasteiger charge is -2.32. The van der Waals surface area contributed by atoms with Crippen molar-refractivity contribution in [1.82, 2.24) is 10.2 Å². The first kappa shape index (κ1) is 16.5. The zero-order valence-electron chi connectivity index (χ0n) is 13.9. The molecule has 3 rings (SSSR count). The molecule has 4 nitrogen and oxygen atoms in total. The molecule has 2 aliphatic heterocycles. The highest BCUT2D eigenvalue weighted by molar-refractivity contribution is 5.76. The van der Waals surface area contributed by atoms with E-state index in [9.17, 15) is 4.79 Å². The van der Waals surface area contributed by atoms with Gasteiger partial charge in [0.1, 0.15) is 0 Å². The van der Waals surface area contributed by atoms with Gasteiger partial charge in [0, 0.05) is 31.7 Å². The van der Waals surface area contributed by atoms with E-state index in [0.29, 0.717) is 31.7 Å². The smallest absolute Gasteiger partial charge is 0.220 e. The number of piperidine rings is 1. The molecular formula is C19H28N2O2. The number of carbonyl (C=O) groups excluding carboxylic acids is 1. The maximum absolute atomic E-state index is 12.1. The van der Waals surface area contributed by atoms with Crippen LogP contribution in [0.3, 0.4) is 0 Å². The Hall–Kier alpha value is -1.39. The summed E-state index contributed by atoms with van der Waals surface area (Å²) < 4.78 is 5.64. The van der Waals surface area contributed by atoms with Crippen molar-refractivity contribution < 1.29 is 9.53 Å². The summed E-state index contributed by atoms with van der Waals surface area (Å²) in [4.78, 5) is 14.7. The molecule has 2 atom stereocenters. The summed E-state index contributed by atoms with van der Waals surface area (Å²) in [5.41, 5.74) is 1.18. The highest BCUT2D eigenvalue weighted by atomic mass is 16.5. The van der Waals surface area contributed by atoms with Gasteiger partial charge in [-0.25, -0.2) is 0 Å². The molecule has 2 saturated heterocycles. The van der Waals surface area contributed by atoms with Crippen molar-refractivity contribution in [3.05, 3.63) is 35.9 Å². The van der Waals surface area contributed by atoms with E-state index in [-0.39, 0.29) is 5.91 Å². The molecule has 2 aliphatic rings. The Morgan fingerprint density at radius 1 is 1.17 bits per heavy atom. The second kappa shape index (κ2) is 8.46. The van der Waals surface area contributed by atoms with Crippen LogP contribution in [0.5, 0.6) is 0 Å². The van der Waals surface area contributed by atoms with E-state index in [2.05, 4.69) is 22.3 Å². The molecule has 1 N–H and O–H groups in total. The number of hydrogen-bond acceptors (Lipinski definition) is 3. The van der Waals surface area contributed by atoms with Crippen LogP contribution in [0, 0.1) is 0 Å². The summed E-state index contributed by atoms with van der Waals surface area (Å²) >= 11 is 0. The predicted octanol–water partition coefficient (Wildman–Crippen LogP) is 2.73. The van der Waals surface area contributed by atoms with Crippen LogP contribution < -0.4 is 5.32 Å². The van der Waals surface area contributed by atoms with Crippen molar-refractivity contribution >= 4 is 5.91 Å². The van der Waals surface area contributed by atoms with Gasteiger partial charge in [0.25, 0.3) is 0 Å². The lowest BCUT2D eigenvalue weighted by molar-refractivity contribution is -0.122. The van der Waals surface area contributed by atoms with Crippen LogP contribution in [0.1, 0.15) is 44.1 Å². The number of rotatable bonds is 7. The average Bonchev–Trinajstić information content (AvgIpc) is 2.99. The Morgan fingerprint density at radius 2 is 2.04 bits per heavy atom. The van der Waals surface area contributed by atoms with E-state index in [0.717, 1.165) is 19.4 Å². The molecule has 1 amide bonds. The molecule has 126 valence electrons. The van der Waals surface area contributed by atoms with Crippen molar-refractivity contribution in [2.75, 3.05) is 19.7 Å². The SMILES string of the molecule is O=C(CCCOCc1ccccc1)N[C@H]1CCN2CCCC[C@@H]12. The Kier molecular flexibility index (Phi) is 6.06. The van der Waals surface area contributed by atoms with Crippen LogP contribution in [-0.2, 0) is 16.1 Å². The summed E-state index contributed by atoms with van der Waals surface area (Å²) in [6.45, 7) is 3.63. The van der Waals surface area contributed by atoms with Crippen molar-refractivity contribution in [3.63, 3.8) is 0 Å². The third-order valence-corrected chi connectivity index (χ3v) is 5.01. The number of amides is 1. The standard InChI is InChI=1S/C19H28N2O2/c22-19(10-6-14-23-15-16-7-2-1-3-8-16)20-17-11-13-21-12-5-4-9-18(17)21/h1-3,7-8,17-18H,4-6,9-15H2,(H,20,22)/t17-,18-/m0/s1. The highest BCUT2D eigenvalue weighted by Gasteiger charge is 2.35. The fourth-order valence-electron chi connectivity index (χ4n) is 3.79. The minimum Gasteiger partial charge on any atom is -0.377 e. The zero-order chi connectivity index (χ0) is 15.9. The maximum atomic E-state index is 12.1. The van der Waals surface area contributed by atoms with E-state index in [1.807, 2.05) is 18.2 Å². The minimum absolute atomic E-state index is 0.186. The summed E-state index contributed by atoms with van der Waals surface area (Å²) in [6.07, 6.45) is 6.33. The Bertz CT molecular complexity index is 491. The molecule has 0 spiro atoms. The highest BCUT2D eigenvalue weighted by Crippen LogP contribution is 2.27. The van der Waals surface area contributed by atoms with Crippen LogP contribution >= 0.6 is 0 Å². The van der Waals surface area contributed by atoms with Gasteiger partial charge in [-0.1, -0.05) is 36.8 Å². The van der Waals surface area contributed by atoms with Crippen molar-refractivity contribution in [3.8, 4) is 0 Å². The molecule has 0 bridgehead atoms. The molecule has 0 radical (unpaired) electrons. The fraction of sp³-hybridized carbons (Fsp3) is 0.632. The number of hydrogen-bond donors (Lipinski definition) is 1. The van der Waals surface area contributed by atoms with E-state index < -0.39 is 0 Å². The normalized spacial score (nSPS) is 24.3. The minimum atomic E-state index is 0.186. The number of fused-ring (bicyclic) bond motifs is 1. The molecule has 23 heavy (non-hydrogen) atoms. The van der Waals surface area contributed by atoms with Crippen molar-refractivity contribution in [1.29, 1.82) is 0 Å². The lowest BCUT2D eigenvalue weighted by atomic mass is 9.99. The summed E-state index contributed by atoms with van der Waals surface area (Å²) in [5.74, 6) is 0.186. The quantitative estimate of drug-likeness (QED) is 0.787. The van der Waals surface area contributed by atoms with Gasteiger partial charge in [-0.2, -0.15) is 0 Å². The number of nitrogens with zero attached hydrogens (tertiary/aromatic N) is 1. The van der Waals surface area contributed by atoms with Crippen LogP contribution in [0.25, 0.3) is 0 Å². The summed E-state index contributed by atoms with van der Waals surface area (Å²) in [6, 6.07) is 11.1. The first-order chi connectivity index (χ1) is 11.3. The van der Waals surface area contributed by atoms with Gasteiger partial charge in [0.2, 0.25) is 5.91 Å². The van der Waals surface area contributed by atoms with E-state index in [1.165, 1.54) is 31.4 Å².